The zero-order valence-electron chi connectivity index (χ0n) is 10.6. The van der Waals surface area contributed by atoms with Crippen LogP contribution in [0.25, 0.3) is 0 Å². The molecule has 0 radical (unpaired) electrons. The molecular weight excluding hydrogens is 271 g/mol. The molecule has 0 heterocycles. The fourth-order valence-electron chi connectivity index (χ4n) is 1.09. The predicted molar refractivity (Wildman–Crippen MR) is 65.5 cm³/mol. The van der Waals surface area contributed by atoms with Crippen molar-refractivity contribution >= 4 is 17.9 Å². The van der Waals surface area contributed by atoms with Crippen LogP contribution >= 0.6 is 0 Å². The van der Waals surface area contributed by atoms with Gasteiger partial charge in [-0.05, 0) is 24.3 Å². The molecule has 0 aromatic heterocycles. The maximum absolute atomic E-state index is 12.6. The molecule has 20 heavy (non-hydrogen) atoms. The smallest absolute Gasteiger partial charge is 0.344 e. The Morgan fingerprint density at radius 1 is 1.15 bits per heavy atom. The van der Waals surface area contributed by atoms with E-state index in [2.05, 4.69) is 10.1 Å². The number of nitrogens with one attached hydrogen (secondary N) is 2. The van der Waals surface area contributed by atoms with Crippen molar-refractivity contribution in [1.82, 2.24) is 10.6 Å². The molecule has 2 N–H and O–H groups in total. The Bertz CT molecular complexity index is 489. The highest BCUT2D eigenvalue weighted by atomic mass is 19.1. The van der Waals surface area contributed by atoms with Gasteiger partial charge < -0.3 is 14.8 Å². The van der Waals surface area contributed by atoms with E-state index in [0.29, 0.717) is 0 Å². The lowest BCUT2D eigenvalue weighted by atomic mass is 10.3. The van der Waals surface area contributed by atoms with Gasteiger partial charge in [0.2, 0.25) is 0 Å². The first-order chi connectivity index (χ1) is 9.51. The zero-order valence-corrected chi connectivity index (χ0v) is 10.6. The number of halogens is 1. The van der Waals surface area contributed by atoms with Gasteiger partial charge in [-0.15, -0.1) is 0 Å². The number of amides is 3. The van der Waals surface area contributed by atoms with Crippen LogP contribution in [0.15, 0.2) is 24.3 Å². The van der Waals surface area contributed by atoms with Gasteiger partial charge in [-0.3, -0.25) is 10.1 Å². The molecule has 0 aliphatic rings. The highest BCUT2D eigenvalue weighted by Crippen LogP contribution is 2.10. The van der Waals surface area contributed by atoms with E-state index in [-0.39, 0.29) is 5.75 Å². The summed E-state index contributed by atoms with van der Waals surface area (Å²) >= 11 is 0. The van der Waals surface area contributed by atoms with Crippen molar-refractivity contribution in [1.29, 1.82) is 0 Å². The van der Waals surface area contributed by atoms with Crippen molar-refractivity contribution < 1.29 is 28.2 Å². The van der Waals surface area contributed by atoms with E-state index < -0.39 is 36.9 Å². The molecule has 0 saturated heterocycles. The van der Waals surface area contributed by atoms with E-state index >= 15 is 0 Å². The van der Waals surface area contributed by atoms with Crippen LogP contribution in [-0.2, 0) is 14.3 Å². The first-order valence-corrected chi connectivity index (χ1v) is 5.57. The lowest BCUT2D eigenvalue weighted by molar-refractivity contribution is -0.150. The van der Waals surface area contributed by atoms with Crippen LogP contribution in [0, 0.1) is 5.82 Å². The lowest BCUT2D eigenvalue weighted by Crippen LogP contribution is -2.40. The van der Waals surface area contributed by atoms with Crippen molar-refractivity contribution in [2.75, 3.05) is 20.3 Å². The summed E-state index contributed by atoms with van der Waals surface area (Å²) in [6.07, 6.45) is 0. The van der Waals surface area contributed by atoms with E-state index in [9.17, 15) is 18.8 Å². The molecule has 0 fully saturated rings. The maximum Gasteiger partial charge on any atom is 0.344 e. The van der Waals surface area contributed by atoms with Gasteiger partial charge in [-0.1, -0.05) is 0 Å². The molecular formula is C12H13FN2O5. The summed E-state index contributed by atoms with van der Waals surface area (Å²) in [5.41, 5.74) is 0. The maximum atomic E-state index is 12.6. The molecule has 1 aromatic carbocycles. The third-order valence-corrected chi connectivity index (χ3v) is 2.01. The molecule has 8 heteroatoms. The van der Waals surface area contributed by atoms with Crippen molar-refractivity contribution in [2.24, 2.45) is 0 Å². The predicted octanol–water partition coefficient (Wildman–Crippen LogP) is 0.203. The molecule has 0 bridgehead atoms. The topological polar surface area (TPSA) is 93.7 Å². The molecule has 7 nitrogen and oxygen atoms in total. The van der Waals surface area contributed by atoms with Crippen molar-refractivity contribution in [3.8, 4) is 5.75 Å². The Balaban J connectivity index is 2.25. The summed E-state index contributed by atoms with van der Waals surface area (Å²) < 4.78 is 22.2. The first-order valence-electron chi connectivity index (χ1n) is 5.57. The minimum absolute atomic E-state index is 0.290. The van der Waals surface area contributed by atoms with Gasteiger partial charge >= 0.3 is 12.0 Å². The van der Waals surface area contributed by atoms with Gasteiger partial charge in [0.1, 0.15) is 11.6 Å². The lowest BCUT2D eigenvalue weighted by Gasteiger charge is -2.07. The number of urea groups is 1. The van der Waals surface area contributed by atoms with Crippen LogP contribution in [0.2, 0.25) is 0 Å². The number of imide groups is 1. The summed E-state index contributed by atoms with van der Waals surface area (Å²) in [5, 5.41) is 4.08. The van der Waals surface area contributed by atoms with Gasteiger partial charge in [0, 0.05) is 7.05 Å². The first kappa shape index (κ1) is 15.4. The van der Waals surface area contributed by atoms with Crippen LogP contribution in [0.1, 0.15) is 0 Å². The number of carbonyl (C=O) groups is 3. The second kappa shape index (κ2) is 7.72. The van der Waals surface area contributed by atoms with Crippen LogP contribution in [0.4, 0.5) is 9.18 Å². The Hall–Kier alpha value is -2.64. The standard InChI is InChI=1S/C12H13FN2O5/c1-14-12(18)15-10(16)6-20-11(17)7-19-9-4-2-8(13)3-5-9/h2-5H,6-7H2,1H3,(H2,14,15,16,18). The quantitative estimate of drug-likeness (QED) is 0.753. The third-order valence-electron chi connectivity index (χ3n) is 2.01. The second-order valence-electron chi connectivity index (χ2n) is 3.53. The molecule has 0 atom stereocenters. The van der Waals surface area contributed by atoms with Gasteiger partial charge in [0.05, 0.1) is 0 Å². The average molecular weight is 284 g/mol. The molecule has 1 rings (SSSR count). The number of benzene rings is 1. The highest BCUT2D eigenvalue weighted by molar-refractivity contribution is 5.95. The zero-order chi connectivity index (χ0) is 15.0. The summed E-state index contributed by atoms with van der Waals surface area (Å²) in [7, 11) is 1.34. The Kier molecular flexibility index (Phi) is 5.95. The number of hydrogen-bond acceptors (Lipinski definition) is 5. The van der Waals surface area contributed by atoms with E-state index in [0.717, 1.165) is 0 Å². The molecule has 1 aromatic rings. The molecule has 108 valence electrons. The number of ether oxygens (including phenoxy) is 2. The van der Waals surface area contributed by atoms with Gasteiger partial charge in [0.25, 0.3) is 5.91 Å². The molecule has 0 spiro atoms. The minimum Gasteiger partial charge on any atom is -0.482 e. The third kappa shape index (κ3) is 5.80. The summed E-state index contributed by atoms with van der Waals surface area (Å²) in [6, 6.07) is 4.35. The second-order valence-corrected chi connectivity index (χ2v) is 3.53. The fourth-order valence-corrected chi connectivity index (χ4v) is 1.09. The molecule has 0 aliphatic heterocycles. The Morgan fingerprint density at radius 3 is 2.40 bits per heavy atom. The number of carbonyl (C=O) groups excluding carboxylic acids is 3. The summed E-state index contributed by atoms with van der Waals surface area (Å²) in [6.45, 7) is -1.03. The van der Waals surface area contributed by atoms with E-state index in [1.165, 1.54) is 31.3 Å². The van der Waals surface area contributed by atoms with Crippen LogP contribution in [-0.4, -0.2) is 38.2 Å². The Labute approximate surface area is 114 Å². The number of esters is 1. The number of hydrogen-bond donors (Lipinski definition) is 2. The van der Waals surface area contributed by atoms with Crippen LogP contribution in [0.3, 0.4) is 0 Å². The largest absolute Gasteiger partial charge is 0.482 e. The average Bonchev–Trinajstić information content (AvgIpc) is 2.44. The SMILES string of the molecule is CNC(=O)NC(=O)COC(=O)COc1ccc(F)cc1. The fraction of sp³-hybridized carbons (Fsp3) is 0.250. The molecule has 0 aliphatic carbocycles. The van der Waals surface area contributed by atoms with Crippen molar-refractivity contribution in [3.63, 3.8) is 0 Å². The monoisotopic (exact) mass is 284 g/mol. The van der Waals surface area contributed by atoms with Crippen molar-refractivity contribution in [2.45, 2.75) is 0 Å². The highest BCUT2D eigenvalue weighted by Gasteiger charge is 2.10. The van der Waals surface area contributed by atoms with Crippen LogP contribution < -0.4 is 15.4 Å². The molecule has 0 saturated carbocycles. The molecule has 0 unspecified atom stereocenters. The Morgan fingerprint density at radius 2 is 1.80 bits per heavy atom. The van der Waals surface area contributed by atoms with Gasteiger partial charge in [0.15, 0.2) is 13.2 Å². The summed E-state index contributed by atoms with van der Waals surface area (Å²) in [5.74, 6) is -1.69. The molecule has 3 amide bonds. The van der Waals surface area contributed by atoms with E-state index in [1.807, 2.05) is 5.32 Å². The number of rotatable bonds is 5. The van der Waals surface area contributed by atoms with E-state index in [4.69, 9.17) is 4.74 Å². The summed E-state index contributed by atoms with van der Waals surface area (Å²) in [4.78, 5) is 33.1. The normalized spacial score (nSPS) is 9.50. The van der Waals surface area contributed by atoms with Gasteiger partial charge in [-0.25, -0.2) is 14.0 Å². The van der Waals surface area contributed by atoms with E-state index in [1.54, 1.807) is 0 Å². The van der Waals surface area contributed by atoms with Crippen molar-refractivity contribution in [3.05, 3.63) is 30.1 Å². The van der Waals surface area contributed by atoms with Gasteiger partial charge in [-0.2, -0.15) is 0 Å². The minimum atomic E-state index is -0.790. The van der Waals surface area contributed by atoms with Crippen LogP contribution in [0.5, 0.6) is 5.75 Å².